The van der Waals surface area contributed by atoms with Crippen LogP contribution in [0.5, 0.6) is 0 Å². The summed E-state index contributed by atoms with van der Waals surface area (Å²) < 4.78 is 0. The Morgan fingerprint density at radius 2 is 1.96 bits per heavy atom. The lowest BCUT2D eigenvalue weighted by Crippen LogP contribution is -2.31. The maximum absolute atomic E-state index is 12.2. The number of H-pyrrole nitrogens is 1. The molecule has 0 aliphatic heterocycles. The van der Waals surface area contributed by atoms with Crippen LogP contribution in [-0.4, -0.2) is 16.1 Å². The van der Waals surface area contributed by atoms with Crippen molar-refractivity contribution in [1.29, 1.82) is 0 Å². The molecule has 1 amide bonds. The van der Waals surface area contributed by atoms with Gasteiger partial charge >= 0.3 is 0 Å². The molecule has 0 radical (unpaired) electrons. The lowest BCUT2D eigenvalue weighted by atomic mass is 10.1. The molecule has 0 saturated carbocycles. The van der Waals surface area contributed by atoms with Crippen LogP contribution in [0.4, 0.5) is 0 Å². The average Bonchev–Trinajstić information content (AvgIpc) is 2.58. The molecule has 2 N–H and O–H groups in total. The molecule has 4 nitrogen and oxygen atoms in total. The van der Waals surface area contributed by atoms with E-state index in [0.717, 1.165) is 17.0 Å². The van der Waals surface area contributed by atoms with Crippen molar-refractivity contribution in [2.24, 2.45) is 0 Å². The van der Waals surface area contributed by atoms with E-state index in [1.165, 1.54) is 0 Å². The third-order valence-corrected chi connectivity index (χ3v) is 5.30. The summed E-state index contributed by atoms with van der Waals surface area (Å²) in [7, 11) is 0. The molecule has 0 bridgehead atoms. The average molecular weight is 365 g/mol. The fourth-order valence-electron chi connectivity index (χ4n) is 2.18. The number of aromatic nitrogens is 1. The van der Waals surface area contributed by atoms with E-state index in [-0.39, 0.29) is 16.6 Å². The number of rotatable bonds is 6. The second-order valence-corrected chi connectivity index (χ2v) is 7.47. The van der Waals surface area contributed by atoms with Crippen molar-refractivity contribution in [3.05, 3.63) is 68.1 Å². The van der Waals surface area contributed by atoms with Gasteiger partial charge in [-0.15, -0.1) is 11.8 Å². The minimum atomic E-state index is -0.182. The zero-order valence-corrected chi connectivity index (χ0v) is 15.6. The molecule has 0 fully saturated rings. The van der Waals surface area contributed by atoms with E-state index >= 15 is 0 Å². The van der Waals surface area contributed by atoms with Gasteiger partial charge in [0.25, 0.3) is 0 Å². The second kappa shape index (κ2) is 8.40. The maximum atomic E-state index is 12.2. The molecule has 2 rings (SSSR count). The largest absolute Gasteiger partial charge is 0.363 e. The molecule has 24 heavy (non-hydrogen) atoms. The Morgan fingerprint density at radius 1 is 1.29 bits per heavy atom. The van der Waals surface area contributed by atoms with Gasteiger partial charge in [-0.25, -0.2) is 0 Å². The van der Waals surface area contributed by atoms with Crippen molar-refractivity contribution >= 4 is 29.3 Å². The lowest BCUT2D eigenvalue weighted by Gasteiger charge is -2.13. The fraction of sp³-hybridized carbons (Fsp3) is 0.333. The van der Waals surface area contributed by atoms with Crippen molar-refractivity contribution in [3.8, 4) is 0 Å². The molecule has 128 valence electrons. The van der Waals surface area contributed by atoms with E-state index in [1.807, 2.05) is 31.2 Å². The van der Waals surface area contributed by atoms with Crippen molar-refractivity contribution in [3.63, 3.8) is 0 Å². The number of halogens is 1. The van der Waals surface area contributed by atoms with E-state index < -0.39 is 0 Å². The number of benzene rings is 1. The molecule has 0 aliphatic carbocycles. The molecule has 0 spiro atoms. The standard InChI is InChI=1S/C18H21ClN2O2S/c1-11-8-20-16(12(2)17(11)22)9-21-18(23)13(3)24-10-14-4-6-15(19)7-5-14/h4-8,13H,9-10H2,1-3H3,(H,20,22)(H,21,23)/t13-/m1/s1. The van der Waals surface area contributed by atoms with Gasteiger partial charge < -0.3 is 10.3 Å². The quantitative estimate of drug-likeness (QED) is 0.823. The first kappa shape index (κ1) is 18.6. The molecule has 1 aromatic heterocycles. The number of nitrogens with one attached hydrogen (secondary N) is 2. The normalized spacial score (nSPS) is 12.0. The Balaban J connectivity index is 1.86. The minimum absolute atomic E-state index is 0.0168. The van der Waals surface area contributed by atoms with Gasteiger partial charge in [-0.2, -0.15) is 0 Å². The predicted octanol–water partition coefficient (Wildman–Crippen LogP) is 3.58. The van der Waals surface area contributed by atoms with Crippen LogP contribution in [0.2, 0.25) is 5.02 Å². The summed E-state index contributed by atoms with van der Waals surface area (Å²) in [6.07, 6.45) is 1.68. The van der Waals surface area contributed by atoms with E-state index in [9.17, 15) is 9.59 Å². The Labute approximate surface area is 151 Å². The molecule has 1 aromatic carbocycles. The Hall–Kier alpha value is -1.72. The molecular weight excluding hydrogens is 344 g/mol. The first-order valence-corrected chi connectivity index (χ1v) is 9.12. The molecule has 6 heteroatoms. The van der Waals surface area contributed by atoms with Crippen LogP contribution in [0.3, 0.4) is 0 Å². The highest BCUT2D eigenvalue weighted by atomic mass is 35.5. The lowest BCUT2D eigenvalue weighted by molar-refractivity contribution is -0.120. The van der Waals surface area contributed by atoms with Gasteiger partial charge in [0.1, 0.15) is 0 Å². The summed E-state index contributed by atoms with van der Waals surface area (Å²) in [6, 6.07) is 7.61. The molecule has 0 saturated heterocycles. The summed E-state index contributed by atoms with van der Waals surface area (Å²) >= 11 is 7.42. The van der Waals surface area contributed by atoms with E-state index in [2.05, 4.69) is 10.3 Å². The van der Waals surface area contributed by atoms with Gasteiger partial charge in [0.05, 0.1) is 11.8 Å². The summed E-state index contributed by atoms with van der Waals surface area (Å²) in [5, 5.41) is 3.40. The highest BCUT2D eigenvalue weighted by Crippen LogP contribution is 2.19. The van der Waals surface area contributed by atoms with Crippen molar-refractivity contribution in [1.82, 2.24) is 10.3 Å². The zero-order chi connectivity index (χ0) is 17.7. The number of amides is 1. The van der Waals surface area contributed by atoms with Gasteiger partial charge in [-0.05, 0) is 38.5 Å². The Kier molecular flexibility index (Phi) is 6.52. The SMILES string of the molecule is Cc1c[nH]c(CNC(=O)[C@@H](C)SCc2ccc(Cl)cc2)c(C)c1=O. The Morgan fingerprint density at radius 3 is 2.62 bits per heavy atom. The van der Waals surface area contributed by atoms with Gasteiger partial charge in [0.2, 0.25) is 5.91 Å². The summed E-state index contributed by atoms with van der Waals surface area (Å²) in [6.45, 7) is 5.74. The number of carbonyl (C=O) groups excluding carboxylic acids is 1. The monoisotopic (exact) mass is 364 g/mol. The number of thioether (sulfide) groups is 1. The minimum Gasteiger partial charge on any atom is -0.363 e. The first-order chi connectivity index (χ1) is 11.4. The van der Waals surface area contributed by atoms with E-state index in [0.29, 0.717) is 22.7 Å². The molecule has 1 heterocycles. The zero-order valence-electron chi connectivity index (χ0n) is 14.0. The summed E-state index contributed by atoms with van der Waals surface area (Å²) in [4.78, 5) is 27.2. The smallest absolute Gasteiger partial charge is 0.233 e. The molecule has 0 unspecified atom stereocenters. The fourth-order valence-corrected chi connectivity index (χ4v) is 3.18. The van der Waals surface area contributed by atoms with Crippen LogP contribution in [0.1, 0.15) is 29.3 Å². The number of aryl methyl sites for hydroxylation is 1. The molecule has 2 aromatic rings. The molecule has 0 aliphatic rings. The highest BCUT2D eigenvalue weighted by molar-refractivity contribution is 7.99. The van der Waals surface area contributed by atoms with Crippen LogP contribution in [0.15, 0.2) is 35.3 Å². The summed E-state index contributed by atoms with van der Waals surface area (Å²) in [5.74, 6) is 0.696. The van der Waals surface area contributed by atoms with Crippen LogP contribution in [0, 0.1) is 13.8 Å². The number of aromatic amines is 1. The molecular formula is C18H21ClN2O2S. The number of hydrogen-bond donors (Lipinski definition) is 2. The topological polar surface area (TPSA) is 62.0 Å². The number of hydrogen-bond acceptors (Lipinski definition) is 3. The number of carbonyl (C=O) groups is 1. The summed E-state index contributed by atoms with van der Waals surface area (Å²) in [5.41, 5.74) is 3.21. The van der Waals surface area contributed by atoms with Crippen molar-refractivity contribution < 1.29 is 4.79 Å². The maximum Gasteiger partial charge on any atom is 0.233 e. The second-order valence-electron chi connectivity index (χ2n) is 5.70. The van der Waals surface area contributed by atoms with Crippen LogP contribution in [0.25, 0.3) is 0 Å². The van der Waals surface area contributed by atoms with Crippen LogP contribution >= 0.6 is 23.4 Å². The van der Waals surface area contributed by atoms with Crippen LogP contribution in [-0.2, 0) is 17.1 Å². The van der Waals surface area contributed by atoms with Gasteiger partial charge in [-0.1, -0.05) is 23.7 Å². The van der Waals surface area contributed by atoms with Crippen molar-refractivity contribution in [2.75, 3.05) is 0 Å². The first-order valence-electron chi connectivity index (χ1n) is 7.70. The van der Waals surface area contributed by atoms with E-state index in [1.54, 1.807) is 31.8 Å². The third kappa shape index (κ3) is 4.89. The number of pyridine rings is 1. The van der Waals surface area contributed by atoms with Crippen molar-refractivity contribution in [2.45, 2.75) is 38.3 Å². The van der Waals surface area contributed by atoms with Gasteiger partial charge in [0, 0.05) is 33.8 Å². The van der Waals surface area contributed by atoms with E-state index in [4.69, 9.17) is 11.6 Å². The highest BCUT2D eigenvalue weighted by Gasteiger charge is 2.14. The molecule has 1 atom stereocenters. The third-order valence-electron chi connectivity index (χ3n) is 3.84. The predicted molar refractivity (Wildman–Crippen MR) is 101 cm³/mol. The van der Waals surface area contributed by atoms with Gasteiger partial charge in [-0.3, -0.25) is 9.59 Å². The Bertz CT molecular complexity index is 772. The van der Waals surface area contributed by atoms with Crippen LogP contribution < -0.4 is 10.7 Å². The van der Waals surface area contributed by atoms with Gasteiger partial charge in [0.15, 0.2) is 5.43 Å².